The van der Waals surface area contributed by atoms with Crippen molar-refractivity contribution in [1.29, 1.82) is 0 Å². The first-order valence-corrected chi connectivity index (χ1v) is 17.7. The lowest BCUT2D eigenvalue weighted by Gasteiger charge is -2.51. The monoisotopic (exact) mass is 644 g/mol. The van der Waals surface area contributed by atoms with E-state index in [1.807, 2.05) is 36.4 Å². The molecule has 6 aliphatic rings. The molecule has 4 nitrogen and oxygen atoms in total. The van der Waals surface area contributed by atoms with Crippen molar-refractivity contribution in [2.45, 2.75) is 0 Å². The summed E-state index contributed by atoms with van der Waals surface area (Å²) in [6.45, 7) is -0.234. The minimum absolute atomic E-state index is 0.00370. The summed E-state index contributed by atoms with van der Waals surface area (Å²) in [6, 6.07) is 49.1. The molecule has 0 saturated carbocycles. The van der Waals surface area contributed by atoms with Gasteiger partial charge in [0.05, 0.1) is 0 Å². The number of carbonyl (C=O) groups is 2. The number of anilines is 6. The summed E-state index contributed by atoms with van der Waals surface area (Å²) in [5.74, 6) is 0.172. The second-order valence-electron chi connectivity index (χ2n) is 14.6. The quantitative estimate of drug-likeness (QED) is 0.238. The Bertz CT molecular complexity index is 2680. The van der Waals surface area contributed by atoms with Gasteiger partial charge in [-0.3, -0.25) is 9.59 Å². The molecule has 0 bridgehead atoms. The van der Waals surface area contributed by atoms with Crippen molar-refractivity contribution in [3.05, 3.63) is 162 Å². The normalized spacial score (nSPS) is 15.3. The molecule has 0 radical (unpaired) electrons. The van der Waals surface area contributed by atoms with Crippen molar-refractivity contribution in [3.8, 4) is 0 Å². The van der Waals surface area contributed by atoms with Crippen molar-refractivity contribution < 1.29 is 9.59 Å². The Morgan fingerprint density at radius 1 is 0.333 bits per heavy atom. The van der Waals surface area contributed by atoms with Crippen molar-refractivity contribution in [3.63, 3.8) is 0 Å². The van der Waals surface area contributed by atoms with Crippen LogP contribution < -0.4 is 59.0 Å². The molecule has 0 aliphatic carbocycles. The van der Waals surface area contributed by atoms with Crippen LogP contribution in [-0.2, 0) is 0 Å². The topological polar surface area (TPSA) is 40.6 Å². The van der Waals surface area contributed by atoms with Crippen LogP contribution >= 0.6 is 0 Å². The molecule has 0 aromatic heterocycles. The van der Waals surface area contributed by atoms with E-state index in [0.29, 0.717) is 0 Å². The van der Waals surface area contributed by atoms with E-state index in [4.69, 9.17) is 0 Å². The minimum atomic E-state index is -0.119. The van der Waals surface area contributed by atoms with Crippen LogP contribution in [0.3, 0.4) is 0 Å². The molecule has 0 N–H and O–H groups in total. The van der Waals surface area contributed by atoms with E-state index in [1.54, 1.807) is 0 Å². The van der Waals surface area contributed by atoms with Gasteiger partial charge in [0.25, 0.3) is 6.71 Å². The van der Waals surface area contributed by atoms with E-state index >= 15 is 0 Å². The Kier molecular flexibility index (Phi) is 4.62. The highest BCUT2D eigenvalue weighted by Crippen LogP contribution is 2.46. The molecule has 7 heteroatoms. The van der Waals surface area contributed by atoms with Gasteiger partial charge >= 0.3 is 0 Å². The Morgan fingerprint density at radius 3 is 1.20 bits per heavy atom. The number of benzene rings is 7. The van der Waals surface area contributed by atoms with Crippen LogP contribution in [-0.4, -0.2) is 31.7 Å². The number of fused-ring (bicyclic) bond motifs is 14. The van der Waals surface area contributed by atoms with Crippen LogP contribution in [0.25, 0.3) is 0 Å². The molecule has 0 atom stereocenters. The van der Waals surface area contributed by atoms with Gasteiger partial charge < -0.3 is 9.80 Å². The molecule has 6 heterocycles. The molecule has 0 amide bonds. The fourth-order valence-electron chi connectivity index (χ4n) is 10.7. The zero-order valence-corrected chi connectivity index (χ0v) is 27.2. The summed E-state index contributed by atoms with van der Waals surface area (Å²) in [7, 11) is 0. The maximum atomic E-state index is 14.2. The van der Waals surface area contributed by atoms with Crippen molar-refractivity contribution in [1.82, 2.24) is 0 Å². The van der Waals surface area contributed by atoms with Crippen molar-refractivity contribution in [2.24, 2.45) is 0 Å². The summed E-state index contributed by atoms with van der Waals surface area (Å²) in [5, 5.41) is 0. The fourth-order valence-corrected chi connectivity index (χ4v) is 10.7. The van der Waals surface area contributed by atoms with Gasteiger partial charge in [0.2, 0.25) is 13.4 Å². The second kappa shape index (κ2) is 8.87. The zero-order chi connectivity index (χ0) is 33.3. The van der Waals surface area contributed by atoms with Crippen LogP contribution in [0.2, 0.25) is 0 Å². The first-order chi connectivity index (χ1) is 25.2. The van der Waals surface area contributed by atoms with E-state index in [9.17, 15) is 9.59 Å². The van der Waals surface area contributed by atoms with Gasteiger partial charge in [0.1, 0.15) is 0 Å². The van der Waals surface area contributed by atoms with Gasteiger partial charge in [0, 0.05) is 56.4 Å². The third-order valence-corrected chi connectivity index (χ3v) is 12.5. The number of para-hydroxylation sites is 2. The van der Waals surface area contributed by atoms with E-state index < -0.39 is 0 Å². The summed E-state index contributed by atoms with van der Waals surface area (Å²) in [4.78, 5) is 33.4. The largest absolute Gasteiger partial charge is 0.312 e. The zero-order valence-electron chi connectivity index (χ0n) is 27.2. The fraction of sp³-hybridized carbons (Fsp3) is 0. The Morgan fingerprint density at radius 2 is 0.706 bits per heavy atom. The molecule has 0 unspecified atom stereocenters. The molecule has 7 aromatic rings. The third kappa shape index (κ3) is 2.90. The molecular weight excluding hydrogens is 621 g/mol. The summed E-state index contributed by atoms with van der Waals surface area (Å²) in [5.41, 5.74) is 20.6. The molecule has 13 rings (SSSR count). The first kappa shape index (κ1) is 26.5. The van der Waals surface area contributed by atoms with Crippen LogP contribution in [0.4, 0.5) is 34.1 Å². The number of ketones is 2. The highest BCUT2D eigenvalue weighted by molar-refractivity contribution is 7.07. The van der Waals surface area contributed by atoms with Gasteiger partial charge in [0.15, 0.2) is 11.6 Å². The van der Waals surface area contributed by atoms with Crippen LogP contribution in [0.1, 0.15) is 31.8 Å². The number of hydrogen-bond donors (Lipinski definition) is 0. The van der Waals surface area contributed by atoms with Crippen molar-refractivity contribution in [2.75, 3.05) is 9.80 Å². The smallest absolute Gasteiger partial charge is 0.252 e. The molecule has 0 spiro atoms. The van der Waals surface area contributed by atoms with Gasteiger partial charge in [-0.15, -0.1) is 0 Å². The Labute approximate surface area is 295 Å². The number of carbonyl (C=O) groups excluding carboxylic acids is 2. The number of nitrogens with zero attached hydrogens (tertiary/aromatic N) is 2. The summed E-state index contributed by atoms with van der Waals surface area (Å²) >= 11 is 0. The van der Waals surface area contributed by atoms with Gasteiger partial charge in [-0.25, -0.2) is 0 Å². The number of rotatable bonds is 0. The predicted molar refractivity (Wildman–Crippen MR) is 210 cm³/mol. The molecule has 0 fully saturated rings. The van der Waals surface area contributed by atoms with Crippen molar-refractivity contribution >= 4 is 115 Å². The van der Waals surface area contributed by atoms with Gasteiger partial charge in [-0.2, -0.15) is 0 Å². The van der Waals surface area contributed by atoms with Gasteiger partial charge in [-0.05, 0) is 62.5 Å². The van der Waals surface area contributed by atoms with Crippen LogP contribution in [0, 0.1) is 0 Å². The van der Waals surface area contributed by atoms with E-state index in [0.717, 1.165) is 66.9 Å². The maximum Gasteiger partial charge on any atom is 0.252 e. The molecular formula is C44H23B3N2O2. The first-order valence-electron chi connectivity index (χ1n) is 17.7. The summed E-state index contributed by atoms with van der Waals surface area (Å²) in [6.07, 6.45) is 0. The Balaban J connectivity index is 1.25. The highest BCUT2D eigenvalue weighted by Gasteiger charge is 2.54. The third-order valence-electron chi connectivity index (χ3n) is 12.5. The molecule has 0 saturated heterocycles. The SMILES string of the molecule is O=C1c2ccccc2B2c3cc4c5c6c3N(c3ccccc3B6c3ccccc3N5c3cccc5c3B4c3ccccc3C5=O)c3cccc1c32. The molecule has 51 heavy (non-hydrogen) atoms. The molecule has 230 valence electrons. The maximum absolute atomic E-state index is 14.2. The molecule has 7 aromatic carbocycles. The van der Waals surface area contributed by atoms with E-state index in [2.05, 4.69) is 113 Å². The van der Waals surface area contributed by atoms with E-state index in [-0.39, 0.29) is 31.7 Å². The average molecular weight is 644 g/mol. The number of hydrogen-bond acceptors (Lipinski definition) is 4. The lowest BCUT2D eigenvalue weighted by molar-refractivity contribution is 0.103. The highest BCUT2D eigenvalue weighted by atomic mass is 16.1. The minimum Gasteiger partial charge on any atom is -0.312 e. The van der Waals surface area contributed by atoms with Gasteiger partial charge in [-0.1, -0.05) is 126 Å². The standard InChI is InChI=1S/C44H23B3N2O2/c50-43-24-11-1-3-15-28(24)45-32-23-33-42-40-41(32)48(36-21-9-13-26(43)38(36)45)34-19-7-5-17-30(34)47(40)31-18-6-8-20-35(31)49(42)37-22-10-14-27-39(37)46(33)29-16-4-2-12-25(29)44(27)51/h1-23H. The average Bonchev–Trinajstić information content (AvgIpc) is 3.19. The second-order valence-corrected chi connectivity index (χ2v) is 14.6. The van der Waals surface area contributed by atoms with Crippen LogP contribution in [0.5, 0.6) is 0 Å². The lowest BCUT2D eigenvalue weighted by atomic mass is 9.25. The molecule has 6 aliphatic heterocycles. The summed E-state index contributed by atoms with van der Waals surface area (Å²) < 4.78 is 0. The van der Waals surface area contributed by atoms with Crippen LogP contribution in [0.15, 0.2) is 140 Å². The predicted octanol–water partition coefficient (Wildman–Crippen LogP) is 2.52. The Hall–Kier alpha value is -6.33. The van der Waals surface area contributed by atoms with E-state index in [1.165, 1.54) is 38.7 Å². The lowest BCUT2D eigenvalue weighted by Crippen LogP contribution is -2.73.